The minimum Gasteiger partial charge on any atom is -0.386 e. The second-order valence-corrected chi connectivity index (χ2v) is 13.7. The number of aromatic amines is 1. The van der Waals surface area contributed by atoms with E-state index in [0.717, 1.165) is 80.4 Å². The number of ether oxygens (including phenoxy) is 1. The standard InChI is InChI=1S/C22H30ClFN4O2.C10H11FN2O2.2C4H10/c1-14(25-4-5-28-6-8-30-9-7-28)13-26-22(29)15-2-3-20-17(10-15)18-11-16(24)12-19(23)21(18)27-20;11-8-4-2-1-3-7(8)5-10(15)13-6-9(12)14;2*1-3-4-2/h12,15-16,25,27H,1-11,13H2,(H,26,29);1-4H,5-6H2,(H2,12,14)(H,13,15);2*3-4H2,1-2H3. The van der Waals surface area contributed by atoms with Gasteiger partial charge in [0.05, 0.1) is 43.5 Å². The Labute approximate surface area is 319 Å². The van der Waals surface area contributed by atoms with E-state index < -0.39 is 23.8 Å². The van der Waals surface area contributed by atoms with Crippen LogP contribution in [0.5, 0.6) is 0 Å². The normalized spacial score (nSPS) is 17.4. The maximum atomic E-state index is 14.0. The maximum Gasteiger partial charge on any atom is 0.236 e. The van der Waals surface area contributed by atoms with Gasteiger partial charge in [-0.2, -0.15) is 0 Å². The number of unbranched alkanes of at least 4 members (excludes halogenated alkanes) is 2. The average Bonchev–Trinajstić information content (AvgIpc) is 3.53. The number of aryl methyl sites for hydroxylation is 1. The first-order valence-electron chi connectivity index (χ1n) is 19.0. The van der Waals surface area contributed by atoms with Crippen LogP contribution in [0.3, 0.4) is 0 Å². The number of carbonyl (C=O) groups excluding carboxylic acids is 3. The number of aromatic nitrogens is 1. The number of hydrogen-bond acceptors (Lipinski definition) is 6. The van der Waals surface area contributed by atoms with Gasteiger partial charge in [0, 0.05) is 49.9 Å². The number of hydrogen-bond donors (Lipinski definition) is 5. The molecule has 6 N–H and O–H groups in total. The number of morpholine rings is 1. The summed E-state index contributed by atoms with van der Waals surface area (Å²) < 4.78 is 32.4. The molecule has 3 amide bonds. The van der Waals surface area contributed by atoms with E-state index >= 15 is 0 Å². The number of nitrogens with one attached hydrogen (secondary N) is 4. The highest BCUT2D eigenvalue weighted by atomic mass is 35.5. The summed E-state index contributed by atoms with van der Waals surface area (Å²) in [5.41, 5.74) is 9.88. The molecule has 0 spiro atoms. The molecule has 0 bridgehead atoms. The number of fused-ring (bicyclic) bond motifs is 3. The van der Waals surface area contributed by atoms with E-state index in [1.54, 1.807) is 12.1 Å². The van der Waals surface area contributed by atoms with Crippen molar-refractivity contribution in [3.63, 3.8) is 0 Å². The molecule has 5 rings (SSSR count). The van der Waals surface area contributed by atoms with Crippen LogP contribution < -0.4 is 21.7 Å². The predicted molar refractivity (Wildman–Crippen MR) is 210 cm³/mol. The second kappa shape index (κ2) is 25.3. The van der Waals surface area contributed by atoms with Gasteiger partial charge in [-0.3, -0.25) is 19.3 Å². The molecule has 1 aliphatic heterocycles. The molecule has 0 saturated carbocycles. The SMILES string of the molecule is C=C(CNC(=O)C1CCc2[nH]c3c(c2C1)CC(F)C=C3Cl)NCCN1CCOCC1.CCCC.CCCC.NC(=O)CNC(=O)Cc1ccccc1F. The molecule has 2 heterocycles. The first kappa shape index (κ1) is 45.4. The van der Waals surface area contributed by atoms with Crippen LogP contribution in [-0.2, 0) is 44.8 Å². The highest BCUT2D eigenvalue weighted by Crippen LogP contribution is 2.38. The molecule has 10 nitrogen and oxygen atoms in total. The van der Waals surface area contributed by atoms with Gasteiger partial charge in [-0.25, -0.2) is 8.78 Å². The highest BCUT2D eigenvalue weighted by Gasteiger charge is 2.32. The number of carbonyl (C=O) groups is 3. The number of allylic oxidation sites excluding steroid dienone is 1. The lowest BCUT2D eigenvalue weighted by Crippen LogP contribution is -2.41. The number of halogens is 3. The summed E-state index contributed by atoms with van der Waals surface area (Å²) in [6.45, 7) is 18.2. The van der Waals surface area contributed by atoms with Gasteiger partial charge in [0.25, 0.3) is 0 Å². The Bertz CT molecular complexity index is 1470. The molecule has 0 radical (unpaired) electrons. The van der Waals surface area contributed by atoms with Crippen molar-refractivity contribution in [3.8, 4) is 0 Å². The number of nitrogens with zero attached hydrogens (tertiary/aromatic N) is 1. The third-order valence-electron chi connectivity index (χ3n) is 8.99. The van der Waals surface area contributed by atoms with Crippen molar-refractivity contribution in [2.75, 3.05) is 52.5 Å². The summed E-state index contributed by atoms with van der Waals surface area (Å²) in [4.78, 5) is 40.0. The Morgan fingerprint density at radius 2 is 1.64 bits per heavy atom. The van der Waals surface area contributed by atoms with Crippen molar-refractivity contribution >= 4 is 34.4 Å². The molecule has 13 heteroatoms. The Morgan fingerprint density at radius 1 is 0.981 bits per heavy atom. The molecule has 1 saturated heterocycles. The molecule has 1 aromatic heterocycles. The quantitative estimate of drug-likeness (QED) is 0.177. The van der Waals surface area contributed by atoms with Gasteiger partial charge in [-0.15, -0.1) is 0 Å². The Kier molecular flexibility index (Phi) is 21.7. The van der Waals surface area contributed by atoms with E-state index in [-0.39, 0.29) is 24.8 Å². The average molecular weight is 763 g/mol. The summed E-state index contributed by atoms with van der Waals surface area (Å²) >= 11 is 6.22. The lowest BCUT2D eigenvalue weighted by molar-refractivity contribution is -0.125. The smallest absolute Gasteiger partial charge is 0.236 e. The molecular weight excluding hydrogens is 702 g/mol. The van der Waals surface area contributed by atoms with E-state index in [0.29, 0.717) is 30.0 Å². The van der Waals surface area contributed by atoms with Crippen LogP contribution in [0.1, 0.15) is 87.9 Å². The lowest BCUT2D eigenvalue weighted by atomic mass is 9.83. The van der Waals surface area contributed by atoms with Gasteiger partial charge in [0.2, 0.25) is 17.7 Å². The number of benzene rings is 1. The predicted octanol–water partition coefficient (Wildman–Crippen LogP) is 5.73. The van der Waals surface area contributed by atoms with Gasteiger partial charge in [-0.05, 0) is 48.1 Å². The van der Waals surface area contributed by atoms with Crippen LogP contribution >= 0.6 is 11.6 Å². The minimum atomic E-state index is -1.06. The zero-order valence-corrected chi connectivity index (χ0v) is 32.8. The molecule has 2 atom stereocenters. The van der Waals surface area contributed by atoms with Crippen molar-refractivity contribution in [1.29, 1.82) is 0 Å². The van der Waals surface area contributed by atoms with E-state index in [4.69, 9.17) is 22.1 Å². The van der Waals surface area contributed by atoms with Crippen LogP contribution in [0.15, 0.2) is 42.6 Å². The topological polar surface area (TPSA) is 142 Å². The fraction of sp³-hybridized carbons (Fsp3) is 0.575. The van der Waals surface area contributed by atoms with Gasteiger partial charge < -0.3 is 31.4 Å². The fourth-order valence-electron chi connectivity index (χ4n) is 5.59. The molecule has 53 heavy (non-hydrogen) atoms. The van der Waals surface area contributed by atoms with Crippen molar-refractivity contribution in [2.45, 2.75) is 91.7 Å². The van der Waals surface area contributed by atoms with Crippen LogP contribution in [0.4, 0.5) is 8.78 Å². The monoisotopic (exact) mass is 762 g/mol. The highest BCUT2D eigenvalue weighted by molar-refractivity contribution is 6.48. The van der Waals surface area contributed by atoms with Crippen molar-refractivity contribution in [2.24, 2.45) is 11.7 Å². The fourth-order valence-corrected chi connectivity index (χ4v) is 5.89. The van der Waals surface area contributed by atoms with Gasteiger partial charge in [0.1, 0.15) is 12.0 Å². The number of rotatable bonds is 13. The summed E-state index contributed by atoms with van der Waals surface area (Å²) in [6, 6.07) is 5.97. The number of H-pyrrole nitrogens is 1. The van der Waals surface area contributed by atoms with Crippen LogP contribution in [0, 0.1) is 11.7 Å². The number of amides is 3. The molecule has 1 aromatic carbocycles. The van der Waals surface area contributed by atoms with Gasteiger partial charge in [0.15, 0.2) is 0 Å². The third kappa shape index (κ3) is 16.9. The number of nitrogens with two attached hydrogens (primary N) is 1. The summed E-state index contributed by atoms with van der Waals surface area (Å²) in [6.07, 6.45) is 8.07. The van der Waals surface area contributed by atoms with E-state index in [1.807, 2.05) is 0 Å². The lowest BCUT2D eigenvalue weighted by Gasteiger charge is -2.27. The molecular formula is C40H61ClF2N6O4. The molecule has 3 aliphatic rings. The van der Waals surface area contributed by atoms with Crippen molar-refractivity contribution in [1.82, 2.24) is 25.8 Å². The van der Waals surface area contributed by atoms with Crippen molar-refractivity contribution in [3.05, 3.63) is 76.5 Å². The Hall–Kier alpha value is -3.74. The van der Waals surface area contributed by atoms with Crippen LogP contribution in [0.25, 0.3) is 5.03 Å². The zero-order chi connectivity index (χ0) is 39.2. The van der Waals surface area contributed by atoms with E-state index in [9.17, 15) is 23.2 Å². The molecule has 2 aliphatic carbocycles. The van der Waals surface area contributed by atoms with E-state index in [2.05, 4.69) is 60.1 Å². The third-order valence-corrected chi connectivity index (χ3v) is 9.30. The Morgan fingerprint density at radius 3 is 2.26 bits per heavy atom. The largest absolute Gasteiger partial charge is 0.386 e. The minimum absolute atomic E-state index is 0.0287. The van der Waals surface area contributed by atoms with Gasteiger partial charge >= 0.3 is 0 Å². The molecule has 2 unspecified atom stereocenters. The molecule has 296 valence electrons. The summed E-state index contributed by atoms with van der Waals surface area (Å²) in [7, 11) is 0. The molecule has 2 aromatic rings. The zero-order valence-electron chi connectivity index (χ0n) is 32.1. The Balaban J connectivity index is 0.000000351. The first-order valence-corrected chi connectivity index (χ1v) is 19.3. The summed E-state index contributed by atoms with van der Waals surface area (Å²) in [5, 5.41) is 9.02. The van der Waals surface area contributed by atoms with Gasteiger partial charge in [-0.1, -0.05) is 89.8 Å². The second-order valence-electron chi connectivity index (χ2n) is 13.3. The molecule has 1 fully saturated rings. The van der Waals surface area contributed by atoms with E-state index in [1.165, 1.54) is 43.9 Å². The van der Waals surface area contributed by atoms with Crippen LogP contribution in [-0.4, -0.2) is 86.3 Å². The number of primary amides is 1. The maximum absolute atomic E-state index is 14.0. The van der Waals surface area contributed by atoms with Crippen molar-refractivity contribution < 1.29 is 27.9 Å². The number of alkyl halides is 1. The van der Waals surface area contributed by atoms with Crippen LogP contribution in [0.2, 0.25) is 0 Å². The summed E-state index contributed by atoms with van der Waals surface area (Å²) in [5.74, 6) is -1.58. The first-order chi connectivity index (χ1) is 25.4.